The van der Waals surface area contributed by atoms with Gasteiger partial charge in [-0.15, -0.1) is 0 Å². The monoisotopic (exact) mass is 303 g/mol. The van der Waals surface area contributed by atoms with E-state index in [-0.39, 0.29) is 24.3 Å². The molecule has 0 aromatic rings. The largest absolute Gasteiger partial charge is 0.480 e. The van der Waals surface area contributed by atoms with Gasteiger partial charge in [-0.1, -0.05) is 13.8 Å². The quantitative estimate of drug-likeness (QED) is 0.604. The summed E-state index contributed by atoms with van der Waals surface area (Å²) in [6.45, 7) is 7.87. The van der Waals surface area contributed by atoms with Crippen molar-refractivity contribution in [2.24, 2.45) is 5.92 Å². The van der Waals surface area contributed by atoms with Crippen molar-refractivity contribution < 1.29 is 14.7 Å². The lowest BCUT2D eigenvalue weighted by molar-refractivity contribution is -0.150. The van der Waals surface area contributed by atoms with Crippen LogP contribution >= 0.6 is 12.2 Å². The van der Waals surface area contributed by atoms with E-state index in [1.54, 1.807) is 13.8 Å². The number of carboxylic acid groups (broad SMARTS) is 1. The average molecular weight is 303 g/mol. The summed E-state index contributed by atoms with van der Waals surface area (Å²) in [4.78, 5) is 24.4. The van der Waals surface area contributed by atoms with Gasteiger partial charge in [-0.05, 0) is 32.0 Å². The first-order valence-corrected chi connectivity index (χ1v) is 7.10. The Morgan fingerprint density at radius 2 is 1.80 bits per heavy atom. The first-order chi connectivity index (χ1) is 9.16. The van der Waals surface area contributed by atoms with E-state index in [0.717, 1.165) is 0 Å². The number of hydrogen-bond acceptors (Lipinski definition) is 3. The molecule has 0 spiro atoms. The van der Waals surface area contributed by atoms with Crippen LogP contribution in [0.25, 0.3) is 0 Å². The summed E-state index contributed by atoms with van der Waals surface area (Å²) in [5, 5.41) is 15.6. The smallest absolute Gasteiger partial charge is 0.326 e. The number of nitrogens with one attached hydrogen (secondary N) is 2. The van der Waals surface area contributed by atoms with Gasteiger partial charge in [0.2, 0.25) is 5.91 Å². The van der Waals surface area contributed by atoms with Gasteiger partial charge in [-0.25, -0.2) is 4.79 Å². The van der Waals surface area contributed by atoms with Gasteiger partial charge in [0.1, 0.15) is 6.04 Å². The van der Waals surface area contributed by atoms with Gasteiger partial charge in [0.05, 0.1) is 0 Å². The van der Waals surface area contributed by atoms with Crippen molar-refractivity contribution in [3.8, 4) is 0 Å². The van der Waals surface area contributed by atoms with Crippen LogP contribution in [-0.4, -0.2) is 52.7 Å². The van der Waals surface area contributed by atoms with E-state index < -0.39 is 12.0 Å². The van der Waals surface area contributed by atoms with Crippen LogP contribution in [0.3, 0.4) is 0 Å². The maximum atomic E-state index is 12.0. The third kappa shape index (κ3) is 6.70. The minimum atomic E-state index is -0.985. The summed E-state index contributed by atoms with van der Waals surface area (Å²) in [5.41, 5.74) is 0. The Balaban J connectivity index is 4.26. The van der Waals surface area contributed by atoms with Crippen molar-refractivity contribution in [2.75, 3.05) is 13.6 Å². The molecular weight excluding hydrogens is 278 g/mol. The second kappa shape index (κ2) is 8.73. The Bertz CT molecular complexity index is 359. The topological polar surface area (TPSA) is 81.7 Å². The van der Waals surface area contributed by atoms with E-state index >= 15 is 0 Å². The predicted octanol–water partition coefficient (Wildman–Crippen LogP) is 0.817. The van der Waals surface area contributed by atoms with Gasteiger partial charge in [-0.2, -0.15) is 0 Å². The molecule has 0 heterocycles. The van der Waals surface area contributed by atoms with E-state index in [0.29, 0.717) is 11.7 Å². The summed E-state index contributed by atoms with van der Waals surface area (Å²) >= 11 is 5.04. The molecule has 0 aromatic carbocycles. The van der Waals surface area contributed by atoms with Crippen LogP contribution in [0.2, 0.25) is 0 Å². The standard InChI is InChI=1S/C13H25N3O3S/c1-8(2)11(12(18)19)16(5)10(17)6-7-14-13(20)15-9(3)4/h8-9,11H,6-7H2,1-5H3,(H,18,19)(H2,14,15,20)/t11-/m0/s1. The SMILES string of the molecule is CC(C)NC(=S)NCCC(=O)N(C)[C@H](C(=O)O)C(C)C. The van der Waals surface area contributed by atoms with Gasteiger partial charge in [0.15, 0.2) is 5.11 Å². The van der Waals surface area contributed by atoms with Gasteiger partial charge >= 0.3 is 5.97 Å². The lowest BCUT2D eigenvalue weighted by Gasteiger charge is -2.27. The molecule has 116 valence electrons. The van der Waals surface area contributed by atoms with Crippen LogP contribution in [0.15, 0.2) is 0 Å². The zero-order valence-corrected chi connectivity index (χ0v) is 13.6. The minimum Gasteiger partial charge on any atom is -0.480 e. The van der Waals surface area contributed by atoms with E-state index in [4.69, 9.17) is 17.3 Å². The summed E-state index contributed by atoms with van der Waals surface area (Å²) < 4.78 is 0. The summed E-state index contributed by atoms with van der Waals surface area (Å²) in [7, 11) is 1.52. The Hall–Kier alpha value is -1.37. The lowest BCUT2D eigenvalue weighted by Crippen LogP contribution is -2.47. The highest BCUT2D eigenvalue weighted by molar-refractivity contribution is 7.80. The lowest BCUT2D eigenvalue weighted by atomic mass is 10.0. The molecule has 3 N–H and O–H groups in total. The molecule has 0 aliphatic heterocycles. The molecule has 1 atom stereocenters. The van der Waals surface area contributed by atoms with Crippen molar-refractivity contribution >= 4 is 29.2 Å². The number of amides is 1. The molecule has 20 heavy (non-hydrogen) atoms. The number of carboxylic acids is 1. The van der Waals surface area contributed by atoms with E-state index in [2.05, 4.69) is 10.6 Å². The molecule has 0 saturated carbocycles. The molecule has 1 amide bonds. The summed E-state index contributed by atoms with van der Waals surface area (Å²) in [6, 6.07) is -0.575. The van der Waals surface area contributed by atoms with Gasteiger partial charge in [-0.3, -0.25) is 4.79 Å². The van der Waals surface area contributed by atoms with Crippen molar-refractivity contribution in [3.05, 3.63) is 0 Å². The Morgan fingerprint density at radius 1 is 1.25 bits per heavy atom. The summed E-state index contributed by atoms with van der Waals surface area (Å²) in [5.74, 6) is -1.34. The normalized spacial score (nSPS) is 12.2. The Labute approximate surface area is 125 Å². The fourth-order valence-corrected chi connectivity index (χ4v) is 2.16. The molecule has 0 rings (SSSR count). The highest BCUT2D eigenvalue weighted by Gasteiger charge is 2.28. The molecule has 0 saturated heterocycles. The fourth-order valence-electron chi connectivity index (χ4n) is 1.83. The molecule has 0 aromatic heterocycles. The van der Waals surface area contributed by atoms with Gasteiger partial charge in [0.25, 0.3) is 0 Å². The van der Waals surface area contributed by atoms with Crippen molar-refractivity contribution in [1.82, 2.24) is 15.5 Å². The maximum Gasteiger partial charge on any atom is 0.326 e. The van der Waals surface area contributed by atoms with Gasteiger partial charge in [0, 0.05) is 26.1 Å². The van der Waals surface area contributed by atoms with E-state index in [1.807, 2.05) is 13.8 Å². The van der Waals surface area contributed by atoms with E-state index in [9.17, 15) is 9.59 Å². The van der Waals surface area contributed by atoms with Crippen LogP contribution in [-0.2, 0) is 9.59 Å². The first kappa shape index (κ1) is 18.6. The molecule has 6 nitrogen and oxygen atoms in total. The number of likely N-dealkylation sites (N-methyl/N-ethyl adjacent to an activating group) is 1. The minimum absolute atomic E-state index is 0.141. The van der Waals surface area contributed by atoms with Crippen molar-refractivity contribution in [1.29, 1.82) is 0 Å². The van der Waals surface area contributed by atoms with Crippen LogP contribution in [0, 0.1) is 5.92 Å². The van der Waals surface area contributed by atoms with Crippen LogP contribution in [0.1, 0.15) is 34.1 Å². The predicted molar refractivity (Wildman–Crippen MR) is 82.5 cm³/mol. The molecule has 0 fully saturated rings. The second-order valence-corrected chi connectivity index (χ2v) is 5.74. The zero-order valence-electron chi connectivity index (χ0n) is 12.8. The fraction of sp³-hybridized carbons (Fsp3) is 0.769. The van der Waals surface area contributed by atoms with Crippen LogP contribution in [0.4, 0.5) is 0 Å². The third-order valence-corrected chi connectivity index (χ3v) is 3.00. The van der Waals surface area contributed by atoms with Gasteiger partial charge < -0.3 is 20.6 Å². The number of carbonyl (C=O) groups is 2. The number of hydrogen-bond donors (Lipinski definition) is 3. The number of nitrogens with zero attached hydrogens (tertiary/aromatic N) is 1. The molecule has 7 heteroatoms. The molecule has 0 aliphatic rings. The molecule has 0 aliphatic carbocycles. The maximum absolute atomic E-state index is 12.0. The molecule has 0 radical (unpaired) electrons. The number of carbonyl (C=O) groups excluding carboxylic acids is 1. The highest BCUT2D eigenvalue weighted by Crippen LogP contribution is 2.10. The van der Waals surface area contributed by atoms with E-state index in [1.165, 1.54) is 11.9 Å². The molecule has 0 unspecified atom stereocenters. The third-order valence-electron chi connectivity index (χ3n) is 2.74. The number of aliphatic carboxylic acids is 1. The second-order valence-electron chi connectivity index (χ2n) is 5.34. The summed E-state index contributed by atoms with van der Waals surface area (Å²) in [6.07, 6.45) is 0.201. The first-order valence-electron chi connectivity index (χ1n) is 6.69. The highest BCUT2D eigenvalue weighted by atomic mass is 32.1. The Morgan fingerprint density at radius 3 is 2.20 bits per heavy atom. The van der Waals surface area contributed by atoms with Crippen LogP contribution < -0.4 is 10.6 Å². The molecule has 0 bridgehead atoms. The zero-order chi connectivity index (χ0) is 15.9. The average Bonchev–Trinajstić information content (AvgIpc) is 2.26. The number of thiocarbonyl (C=S) groups is 1. The number of rotatable bonds is 7. The van der Waals surface area contributed by atoms with Crippen molar-refractivity contribution in [3.63, 3.8) is 0 Å². The molecular formula is C13H25N3O3S. The Kier molecular flexibility index (Phi) is 8.13. The van der Waals surface area contributed by atoms with Crippen LogP contribution in [0.5, 0.6) is 0 Å². The van der Waals surface area contributed by atoms with Crippen molar-refractivity contribution in [2.45, 2.75) is 46.2 Å².